The topological polar surface area (TPSA) is 78.3 Å². The van der Waals surface area contributed by atoms with E-state index in [1.165, 1.54) is 6.33 Å². The van der Waals surface area contributed by atoms with Crippen molar-refractivity contribution >= 4 is 23.2 Å². The van der Waals surface area contributed by atoms with Crippen LogP contribution in [0.5, 0.6) is 11.5 Å². The van der Waals surface area contributed by atoms with E-state index in [1.807, 2.05) is 18.2 Å². The van der Waals surface area contributed by atoms with Gasteiger partial charge < -0.3 is 14.8 Å². The molecule has 0 atom stereocenters. The fourth-order valence-electron chi connectivity index (χ4n) is 2.72. The highest BCUT2D eigenvalue weighted by molar-refractivity contribution is 6.31. The number of anilines is 1. The third-order valence-electron chi connectivity index (χ3n) is 3.87. The molecule has 0 bridgehead atoms. The smallest absolute Gasteiger partial charge is 0.228 e. The molecule has 0 radical (unpaired) electrons. The van der Waals surface area contributed by atoms with Crippen LogP contribution in [0.25, 0.3) is 5.69 Å². The number of aromatic nitrogens is 3. The van der Waals surface area contributed by atoms with Crippen molar-refractivity contribution in [2.75, 3.05) is 18.5 Å². The molecule has 0 saturated heterocycles. The van der Waals surface area contributed by atoms with Crippen molar-refractivity contribution in [1.29, 1.82) is 0 Å². The van der Waals surface area contributed by atoms with Crippen molar-refractivity contribution in [2.45, 2.75) is 6.42 Å². The highest BCUT2D eigenvalue weighted by Gasteiger charge is 2.14. The van der Waals surface area contributed by atoms with E-state index in [4.69, 9.17) is 21.1 Å². The Morgan fingerprint density at radius 2 is 2.00 bits per heavy atom. The molecular formula is C18H15ClN4O3. The summed E-state index contributed by atoms with van der Waals surface area (Å²) in [5.41, 5.74) is 2.07. The van der Waals surface area contributed by atoms with Gasteiger partial charge in [-0.2, -0.15) is 5.10 Å². The first-order valence-electron chi connectivity index (χ1n) is 8.02. The molecular weight excluding hydrogens is 356 g/mol. The molecule has 1 N–H and O–H groups in total. The fourth-order valence-corrected chi connectivity index (χ4v) is 2.89. The number of benzene rings is 2. The van der Waals surface area contributed by atoms with Crippen LogP contribution in [0.3, 0.4) is 0 Å². The second kappa shape index (κ2) is 7.05. The first-order chi connectivity index (χ1) is 12.7. The van der Waals surface area contributed by atoms with E-state index in [1.54, 1.807) is 29.2 Å². The lowest BCUT2D eigenvalue weighted by Crippen LogP contribution is -2.18. The van der Waals surface area contributed by atoms with Gasteiger partial charge in [0.25, 0.3) is 0 Å². The third-order valence-corrected chi connectivity index (χ3v) is 4.10. The van der Waals surface area contributed by atoms with Gasteiger partial charge in [0.05, 0.1) is 17.8 Å². The number of ether oxygens (including phenoxy) is 2. The molecule has 3 aromatic rings. The van der Waals surface area contributed by atoms with Crippen LogP contribution in [-0.4, -0.2) is 33.9 Å². The predicted molar refractivity (Wildman–Crippen MR) is 96.1 cm³/mol. The van der Waals surface area contributed by atoms with Crippen molar-refractivity contribution in [3.63, 3.8) is 0 Å². The molecule has 26 heavy (non-hydrogen) atoms. The molecule has 1 aliphatic rings. The zero-order valence-electron chi connectivity index (χ0n) is 13.7. The summed E-state index contributed by atoms with van der Waals surface area (Å²) in [7, 11) is 0. The van der Waals surface area contributed by atoms with E-state index in [0.29, 0.717) is 41.1 Å². The van der Waals surface area contributed by atoms with Crippen LogP contribution in [0.15, 0.2) is 49.1 Å². The van der Waals surface area contributed by atoms with Crippen molar-refractivity contribution in [1.82, 2.24) is 14.8 Å². The molecule has 7 nitrogen and oxygen atoms in total. The quantitative estimate of drug-likeness (QED) is 0.764. The molecule has 8 heteroatoms. The number of carbonyl (C=O) groups is 1. The second-order valence-electron chi connectivity index (χ2n) is 5.70. The van der Waals surface area contributed by atoms with Crippen LogP contribution in [0, 0.1) is 0 Å². The molecule has 2 aromatic carbocycles. The molecule has 0 unspecified atom stereocenters. The first-order valence-corrected chi connectivity index (χ1v) is 8.40. The molecule has 0 spiro atoms. The largest absolute Gasteiger partial charge is 0.486 e. The van der Waals surface area contributed by atoms with Gasteiger partial charge in [0.15, 0.2) is 11.5 Å². The van der Waals surface area contributed by atoms with Crippen molar-refractivity contribution in [2.24, 2.45) is 0 Å². The number of nitrogens with one attached hydrogen (secondary N) is 1. The molecule has 0 saturated carbocycles. The van der Waals surface area contributed by atoms with Gasteiger partial charge in [-0.1, -0.05) is 17.7 Å². The van der Waals surface area contributed by atoms with Gasteiger partial charge in [0.1, 0.15) is 25.9 Å². The Hall–Kier alpha value is -3.06. The van der Waals surface area contributed by atoms with Crippen LogP contribution < -0.4 is 14.8 Å². The number of hydrogen-bond donors (Lipinski definition) is 1. The minimum absolute atomic E-state index is 0.176. The summed E-state index contributed by atoms with van der Waals surface area (Å²) in [5, 5.41) is 7.50. The Kier molecular flexibility index (Phi) is 4.45. The number of amides is 1. The van der Waals surface area contributed by atoms with Crippen LogP contribution in [0.4, 0.5) is 5.69 Å². The van der Waals surface area contributed by atoms with E-state index in [0.717, 1.165) is 5.56 Å². The van der Waals surface area contributed by atoms with Gasteiger partial charge in [-0.3, -0.25) is 4.79 Å². The number of hydrogen-bond acceptors (Lipinski definition) is 5. The van der Waals surface area contributed by atoms with E-state index in [9.17, 15) is 4.79 Å². The monoisotopic (exact) mass is 370 g/mol. The highest BCUT2D eigenvalue weighted by atomic mass is 35.5. The second-order valence-corrected chi connectivity index (χ2v) is 6.14. The van der Waals surface area contributed by atoms with E-state index in [-0.39, 0.29) is 12.3 Å². The maximum atomic E-state index is 12.5. The maximum absolute atomic E-state index is 12.5. The first kappa shape index (κ1) is 16.4. The van der Waals surface area contributed by atoms with E-state index in [2.05, 4.69) is 15.4 Å². The van der Waals surface area contributed by atoms with Crippen LogP contribution >= 0.6 is 11.6 Å². The lowest BCUT2D eigenvalue weighted by Gasteiger charge is -2.19. The van der Waals surface area contributed by atoms with Gasteiger partial charge in [-0.15, -0.1) is 0 Å². The molecule has 1 amide bonds. The number of rotatable bonds is 4. The van der Waals surface area contributed by atoms with Gasteiger partial charge in [-0.25, -0.2) is 9.67 Å². The van der Waals surface area contributed by atoms with Gasteiger partial charge >= 0.3 is 0 Å². The minimum Gasteiger partial charge on any atom is -0.486 e. The Bertz CT molecular complexity index is 944. The fraction of sp³-hybridized carbons (Fsp3) is 0.167. The Balaban J connectivity index is 1.53. The maximum Gasteiger partial charge on any atom is 0.228 e. The van der Waals surface area contributed by atoms with Crippen molar-refractivity contribution in [3.05, 3.63) is 59.6 Å². The summed E-state index contributed by atoms with van der Waals surface area (Å²) in [6, 6.07) is 10.7. The number of fused-ring (bicyclic) bond motifs is 1. The van der Waals surface area contributed by atoms with Gasteiger partial charge in [0.2, 0.25) is 5.91 Å². The summed E-state index contributed by atoms with van der Waals surface area (Å²) in [6.07, 6.45) is 3.18. The average molecular weight is 371 g/mol. The Labute approximate surface area is 154 Å². The van der Waals surface area contributed by atoms with Gasteiger partial charge in [0, 0.05) is 5.02 Å². The zero-order valence-corrected chi connectivity index (χ0v) is 14.4. The Morgan fingerprint density at radius 3 is 2.81 bits per heavy atom. The molecule has 0 fully saturated rings. The number of carbonyl (C=O) groups excluding carboxylic acids is 1. The third kappa shape index (κ3) is 3.48. The number of halogens is 1. The standard InChI is InChI=1S/C18H15ClN4O3/c19-13-2-3-15(23-11-20-10-21-23)14(9-13)22-18(24)8-12-1-4-16-17(7-12)26-6-5-25-16/h1-4,7,9-11H,5-6,8H2,(H,22,24). The summed E-state index contributed by atoms with van der Waals surface area (Å²) in [4.78, 5) is 16.4. The van der Waals surface area contributed by atoms with Crippen LogP contribution in [0.1, 0.15) is 5.56 Å². The predicted octanol–water partition coefficient (Wildman–Crippen LogP) is 2.87. The molecule has 4 rings (SSSR count). The average Bonchev–Trinajstić information content (AvgIpc) is 3.16. The highest BCUT2D eigenvalue weighted by Crippen LogP contribution is 2.31. The molecule has 1 aliphatic heterocycles. The molecule has 2 heterocycles. The van der Waals surface area contributed by atoms with Crippen LogP contribution in [-0.2, 0) is 11.2 Å². The van der Waals surface area contributed by atoms with E-state index >= 15 is 0 Å². The van der Waals surface area contributed by atoms with Crippen molar-refractivity contribution < 1.29 is 14.3 Å². The lowest BCUT2D eigenvalue weighted by atomic mass is 10.1. The molecule has 132 valence electrons. The summed E-state index contributed by atoms with van der Waals surface area (Å²) >= 11 is 6.07. The van der Waals surface area contributed by atoms with E-state index < -0.39 is 0 Å². The Morgan fingerprint density at radius 1 is 1.15 bits per heavy atom. The zero-order chi connectivity index (χ0) is 17.9. The summed E-state index contributed by atoms with van der Waals surface area (Å²) < 4.78 is 12.6. The molecule has 0 aliphatic carbocycles. The summed E-state index contributed by atoms with van der Waals surface area (Å²) in [6.45, 7) is 1.04. The number of nitrogens with zero attached hydrogens (tertiary/aromatic N) is 3. The van der Waals surface area contributed by atoms with Crippen molar-refractivity contribution in [3.8, 4) is 17.2 Å². The normalized spacial score (nSPS) is 12.7. The molecule has 1 aromatic heterocycles. The summed E-state index contributed by atoms with van der Waals surface area (Å²) in [5.74, 6) is 1.18. The lowest BCUT2D eigenvalue weighted by molar-refractivity contribution is -0.115. The van der Waals surface area contributed by atoms with Crippen LogP contribution in [0.2, 0.25) is 5.02 Å². The minimum atomic E-state index is -0.176. The van der Waals surface area contributed by atoms with Gasteiger partial charge in [-0.05, 0) is 35.9 Å². The SMILES string of the molecule is O=C(Cc1ccc2c(c1)OCCO2)Nc1cc(Cl)ccc1-n1cncn1.